The highest BCUT2D eigenvalue weighted by Gasteiger charge is 2.55. The first-order chi connectivity index (χ1) is 24.4. The smallest absolute Gasteiger partial charge is 0.356 e. The number of nitrogens with one attached hydrogen (secondary N) is 2. The summed E-state index contributed by atoms with van der Waals surface area (Å²) in [4.78, 5) is 65.6. The number of likely N-dealkylation sites (N-methyl/N-ethyl adjacent to an activating group) is 1. The van der Waals surface area contributed by atoms with Gasteiger partial charge < -0.3 is 25.1 Å². The Morgan fingerprint density at radius 3 is 2.50 bits per heavy atom. The van der Waals surface area contributed by atoms with E-state index >= 15 is 0 Å². The number of hydrogen-bond donors (Lipinski definition) is 2. The number of aromatic nitrogens is 1. The molecule has 3 aliphatic rings. The molecule has 256 valence electrons. The lowest BCUT2D eigenvalue weighted by atomic mass is 10.0. The topological polar surface area (TPSA) is 143 Å². The van der Waals surface area contributed by atoms with E-state index < -0.39 is 35.3 Å². The van der Waals surface area contributed by atoms with E-state index in [9.17, 15) is 19.2 Å². The summed E-state index contributed by atoms with van der Waals surface area (Å²) in [7, 11) is 3.27. The predicted octanol–water partition coefficient (Wildman–Crippen LogP) is 4.64. The number of thioether (sulfide) groups is 2. The maximum atomic E-state index is 14.3. The molecule has 4 heterocycles. The van der Waals surface area contributed by atoms with Crippen LogP contribution < -0.4 is 10.6 Å². The molecule has 0 saturated carbocycles. The number of benzene rings is 2. The number of esters is 1. The highest BCUT2D eigenvalue weighted by atomic mass is 32.2. The van der Waals surface area contributed by atoms with Crippen LogP contribution in [0.2, 0.25) is 0 Å². The summed E-state index contributed by atoms with van der Waals surface area (Å²) in [5.74, 6) is -1.43. The summed E-state index contributed by atoms with van der Waals surface area (Å²) in [6.07, 6.45) is 7.72. The fraction of sp³-hybridized carbons (Fsp3) is 0.200. The van der Waals surface area contributed by atoms with Gasteiger partial charge in [0, 0.05) is 29.6 Å². The van der Waals surface area contributed by atoms with Gasteiger partial charge in [-0.1, -0.05) is 89.7 Å². The molecule has 1 aromatic heterocycles. The van der Waals surface area contributed by atoms with Crippen LogP contribution in [0.4, 0.5) is 5.13 Å². The lowest BCUT2D eigenvalue weighted by Crippen LogP contribution is -2.71. The van der Waals surface area contributed by atoms with Gasteiger partial charge in [0.25, 0.3) is 11.8 Å². The van der Waals surface area contributed by atoms with Crippen molar-refractivity contribution in [2.75, 3.05) is 31.8 Å². The second-order valence-corrected chi connectivity index (χ2v) is 14.0. The molecule has 6 rings (SSSR count). The number of allylic oxidation sites excluding steroid dienone is 2. The zero-order valence-corrected chi connectivity index (χ0v) is 29.4. The van der Waals surface area contributed by atoms with Gasteiger partial charge in [-0.15, -0.1) is 23.1 Å². The molecule has 3 aromatic rings. The molecular weight excluding hydrogens is 697 g/mol. The van der Waals surface area contributed by atoms with E-state index in [2.05, 4.69) is 25.7 Å². The van der Waals surface area contributed by atoms with Gasteiger partial charge in [0.1, 0.15) is 29.9 Å². The van der Waals surface area contributed by atoms with Crippen molar-refractivity contribution in [2.24, 2.45) is 5.16 Å². The number of rotatable bonds is 13. The molecule has 15 heteroatoms. The Labute approximate surface area is 301 Å². The highest BCUT2D eigenvalue weighted by molar-refractivity contribution is 8.08. The van der Waals surface area contributed by atoms with Crippen LogP contribution in [0.1, 0.15) is 22.9 Å². The van der Waals surface area contributed by atoms with Crippen molar-refractivity contribution in [3.05, 3.63) is 129 Å². The van der Waals surface area contributed by atoms with Gasteiger partial charge in [-0.05, 0) is 34.4 Å². The van der Waals surface area contributed by atoms with Crippen molar-refractivity contribution >= 4 is 69.9 Å². The summed E-state index contributed by atoms with van der Waals surface area (Å²) >= 11 is 3.89. The van der Waals surface area contributed by atoms with E-state index in [1.807, 2.05) is 97.5 Å². The maximum absolute atomic E-state index is 14.3. The third-order valence-corrected chi connectivity index (χ3v) is 10.9. The molecule has 12 nitrogen and oxygen atoms in total. The first-order valence-corrected chi connectivity index (χ1v) is 18.2. The largest absolute Gasteiger partial charge is 0.448 e. The minimum Gasteiger partial charge on any atom is -0.448 e. The summed E-state index contributed by atoms with van der Waals surface area (Å²) in [5, 5.41) is 12.1. The number of ether oxygens (including phenoxy) is 1. The van der Waals surface area contributed by atoms with Gasteiger partial charge in [0.05, 0.1) is 0 Å². The summed E-state index contributed by atoms with van der Waals surface area (Å²) < 4.78 is 6.24. The quantitative estimate of drug-likeness (QED) is 0.0841. The van der Waals surface area contributed by atoms with Crippen molar-refractivity contribution in [3.8, 4) is 0 Å². The Hall–Kier alpha value is -5.12. The summed E-state index contributed by atoms with van der Waals surface area (Å²) in [5.41, 5.74) is 2.78. The Balaban J connectivity index is 1.27. The normalized spacial score (nSPS) is 18.8. The second-order valence-electron chi connectivity index (χ2n) is 11.1. The molecule has 1 fully saturated rings. The molecule has 3 aliphatic heterocycles. The lowest BCUT2D eigenvalue weighted by molar-refractivity contribution is -0.154. The molecule has 1 saturated heterocycles. The lowest BCUT2D eigenvalue weighted by Gasteiger charge is -2.49. The van der Waals surface area contributed by atoms with Crippen LogP contribution >= 0.6 is 34.9 Å². The van der Waals surface area contributed by atoms with Crippen LogP contribution in [-0.2, 0) is 28.8 Å². The number of carbonyl (C=O) groups is 4. The standard InChI is InChI=1S/C35H32N6O6S3/c1-40-16-9-10-22(18-40)15-17-48-26-20-49-33-28(38-31(43)27(39-46-2)25-19-50-35(37-25)36-21-42)32(44)41(33)29(26)34(45)47-30(23-11-5-3-6-12-23)24-13-7-4-8-14-24/h3-17,19,21,28,30,33H,18,20H2,1-2H3,(H,38,43)(H,36,37,42)/b17-15-,39-27?/t28?,33-/m1/s1. The number of β-lactam (4-membered cyclic amide) rings is 1. The predicted molar refractivity (Wildman–Crippen MR) is 195 cm³/mol. The minimum atomic E-state index is -0.959. The third-order valence-electron chi connectivity index (χ3n) is 7.74. The van der Waals surface area contributed by atoms with Crippen molar-refractivity contribution < 1.29 is 28.8 Å². The molecule has 0 bridgehead atoms. The van der Waals surface area contributed by atoms with Gasteiger partial charge >= 0.3 is 5.97 Å². The van der Waals surface area contributed by atoms with E-state index in [0.717, 1.165) is 34.6 Å². The molecular formula is C35H32N6O6S3. The third kappa shape index (κ3) is 7.69. The van der Waals surface area contributed by atoms with Crippen molar-refractivity contribution in [3.63, 3.8) is 0 Å². The van der Waals surface area contributed by atoms with Gasteiger partial charge in [0.15, 0.2) is 16.9 Å². The second kappa shape index (κ2) is 16.1. The van der Waals surface area contributed by atoms with E-state index in [1.165, 1.54) is 40.9 Å². The number of anilines is 1. The zero-order valence-electron chi connectivity index (χ0n) is 26.9. The Kier molecular flexibility index (Phi) is 11.2. The molecule has 2 N–H and O–H groups in total. The molecule has 1 unspecified atom stereocenters. The van der Waals surface area contributed by atoms with Crippen molar-refractivity contribution in [1.82, 2.24) is 20.1 Å². The molecule has 0 aliphatic carbocycles. The summed E-state index contributed by atoms with van der Waals surface area (Å²) in [6, 6.07) is 17.9. The molecule has 2 aromatic carbocycles. The van der Waals surface area contributed by atoms with E-state index in [-0.39, 0.29) is 22.2 Å². The number of fused-ring (bicyclic) bond motifs is 1. The van der Waals surface area contributed by atoms with Crippen LogP contribution in [-0.4, -0.2) is 82.6 Å². The zero-order chi connectivity index (χ0) is 35.0. The molecule has 2 atom stereocenters. The SMILES string of the molecule is CON=C(C(=O)NC1C(=O)N2C(C(=O)OC(c3ccccc3)c3ccccc3)=C(S/C=C\C3=CC=CN(C)C3)CS[C@H]12)c1csc(NC=O)n1. The Morgan fingerprint density at radius 1 is 1.12 bits per heavy atom. The minimum absolute atomic E-state index is 0.139. The van der Waals surface area contributed by atoms with Gasteiger partial charge in [-0.25, -0.2) is 9.78 Å². The fourth-order valence-corrected chi connectivity index (χ4v) is 8.47. The van der Waals surface area contributed by atoms with Crippen LogP contribution in [0.3, 0.4) is 0 Å². The van der Waals surface area contributed by atoms with E-state index in [4.69, 9.17) is 9.57 Å². The first-order valence-electron chi connectivity index (χ1n) is 15.4. The highest BCUT2D eigenvalue weighted by Crippen LogP contribution is 2.45. The van der Waals surface area contributed by atoms with Gasteiger partial charge in [-0.3, -0.25) is 19.3 Å². The van der Waals surface area contributed by atoms with E-state index in [0.29, 0.717) is 17.1 Å². The first kappa shape index (κ1) is 34.7. The molecule has 0 radical (unpaired) electrons. The number of nitrogens with zero attached hydrogens (tertiary/aromatic N) is 4. The van der Waals surface area contributed by atoms with Crippen molar-refractivity contribution in [1.29, 1.82) is 0 Å². The monoisotopic (exact) mass is 728 g/mol. The number of amides is 3. The molecule has 0 spiro atoms. The van der Waals surface area contributed by atoms with Gasteiger partial charge in [-0.2, -0.15) is 0 Å². The van der Waals surface area contributed by atoms with Crippen LogP contribution in [0.25, 0.3) is 0 Å². The molecule has 50 heavy (non-hydrogen) atoms. The number of thiazole rings is 1. The Morgan fingerprint density at radius 2 is 1.84 bits per heavy atom. The van der Waals surface area contributed by atoms with E-state index in [1.54, 1.807) is 0 Å². The Bertz CT molecular complexity index is 1870. The van der Waals surface area contributed by atoms with Crippen molar-refractivity contribution in [2.45, 2.75) is 17.5 Å². The van der Waals surface area contributed by atoms with Crippen LogP contribution in [0.5, 0.6) is 0 Å². The average molecular weight is 729 g/mol. The van der Waals surface area contributed by atoms with Crippen LogP contribution in [0, 0.1) is 0 Å². The number of hydrogen-bond acceptors (Lipinski definition) is 12. The average Bonchev–Trinajstić information content (AvgIpc) is 3.60. The number of carbonyl (C=O) groups excluding carboxylic acids is 4. The summed E-state index contributed by atoms with van der Waals surface area (Å²) in [6.45, 7) is 0.740. The molecule has 3 amide bonds. The van der Waals surface area contributed by atoms with Gasteiger partial charge in [0.2, 0.25) is 6.41 Å². The fourth-order valence-electron chi connectivity index (χ4n) is 5.44. The number of oxime groups is 1. The maximum Gasteiger partial charge on any atom is 0.356 e. The van der Waals surface area contributed by atoms with Crippen LogP contribution in [0.15, 0.2) is 117 Å².